The van der Waals surface area contributed by atoms with Gasteiger partial charge in [0.25, 0.3) is 0 Å². The third-order valence-corrected chi connectivity index (χ3v) is 4.56. The molecule has 0 N–H and O–H groups in total. The highest BCUT2D eigenvalue weighted by molar-refractivity contribution is 6.47. The molecule has 1 heterocycles. The van der Waals surface area contributed by atoms with Gasteiger partial charge in [-0.1, -0.05) is 38.5 Å². The second-order valence-corrected chi connectivity index (χ2v) is 6.38. The largest absolute Gasteiger partial charge is 0.461 e. The summed E-state index contributed by atoms with van der Waals surface area (Å²) in [6.07, 6.45) is 8.00. The average Bonchev–Trinajstić information content (AvgIpc) is 2.42. The molecule has 1 saturated heterocycles. The van der Waals surface area contributed by atoms with Crippen molar-refractivity contribution >= 4 is 7.12 Å². The lowest BCUT2D eigenvalue weighted by atomic mass is 9.68. The van der Waals surface area contributed by atoms with Gasteiger partial charge < -0.3 is 9.31 Å². The third-order valence-electron chi connectivity index (χ3n) is 4.56. The van der Waals surface area contributed by atoms with E-state index in [1.807, 2.05) is 0 Å². The van der Waals surface area contributed by atoms with Crippen molar-refractivity contribution < 1.29 is 9.31 Å². The molecule has 0 atom stereocenters. The van der Waals surface area contributed by atoms with Gasteiger partial charge in [0.05, 0.1) is 11.2 Å². The lowest BCUT2D eigenvalue weighted by molar-refractivity contribution is 0.00578. The smallest absolute Gasteiger partial charge is 0.403 e. The molecule has 1 aliphatic carbocycles. The van der Waals surface area contributed by atoms with Crippen LogP contribution in [0.4, 0.5) is 0 Å². The molecule has 2 aliphatic rings. The average molecular weight is 224 g/mol. The van der Waals surface area contributed by atoms with Crippen LogP contribution in [-0.2, 0) is 9.31 Å². The van der Waals surface area contributed by atoms with Crippen LogP contribution in [0.5, 0.6) is 0 Å². The molecule has 0 spiro atoms. The zero-order chi connectivity index (χ0) is 11.8. The summed E-state index contributed by atoms with van der Waals surface area (Å²) in [6.45, 7) is 8.57. The van der Waals surface area contributed by atoms with Crippen molar-refractivity contribution in [1.29, 1.82) is 0 Å². The first kappa shape index (κ1) is 12.4. The SMILES string of the molecule is CC1(C)OB(C2CCCCCC2)OC1(C)C. The monoisotopic (exact) mass is 224 g/mol. The van der Waals surface area contributed by atoms with E-state index in [0.29, 0.717) is 5.82 Å². The Morgan fingerprint density at radius 1 is 0.812 bits per heavy atom. The first-order valence-corrected chi connectivity index (χ1v) is 6.78. The molecule has 1 saturated carbocycles. The topological polar surface area (TPSA) is 18.5 Å². The summed E-state index contributed by atoms with van der Waals surface area (Å²) in [4.78, 5) is 0. The van der Waals surface area contributed by atoms with Gasteiger partial charge in [-0.2, -0.15) is 0 Å². The van der Waals surface area contributed by atoms with Gasteiger partial charge in [0, 0.05) is 0 Å². The van der Waals surface area contributed by atoms with E-state index in [9.17, 15) is 0 Å². The summed E-state index contributed by atoms with van der Waals surface area (Å²) in [5, 5.41) is 0. The molecule has 2 nitrogen and oxygen atoms in total. The van der Waals surface area contributed by atoms with E-state index in [1.54, 1.807) is 0 Å². The van der Waals surface area contributed by atoms with Gasteiger partial charge in [0.1, 0.15) is 0 Å². The maximum atomic E-state index is 6.14. The second kappa shape index (κ2) is 4.34. The van der Waals surface area contributed by atoms with Crippen LogP contribution in [-0.4, -0.2) is 18.3 Å². The minimum atomic E-state index is -0.163. The molecule has 3 heteroatoms. The molecule has 16 heavy (non-hydrogen) atoms. The molecular formula is C13H25BO2. The number of hydrogen-bond acceptors (Lipinski definition) is 2. The first-order chi connectivity index (χ1) is 7.42. The summed E-state index contributed by atoms with van der Waals surface area (Å²) < 4.78 is 12.3. The molecule has 0 aromatic carbocycles. The molecule has 92 valence electrons. The van der Waals surface area contributed by atoms with E-state index in [4.69, 9.17) is 9.31 Å². The molecule has 0 aromatic heterocycles. The summed E-state index contributed by atoms with van der Waals surface area (Å²) in [5.74, 6) is 0.614. The first-order valence-electron chi connectivity index (χ1n) is 6.78. The van der Waals surface area contributed by atoms with Gasteiger partial charge in [-0.25, -0.2) is 0 Å². The Morgan fingerprint density at radius 3 is 1.69 bits per heavy atom. The molecule has 0 radical (unpaired) electrons. The summed E-state index contributed by atoms with van der Waals surface area (Å²) >= 11 is 0. The van der Waals surface area contributed by atoms with Crippen molar-refractivity contribution in [3.05, 3.63) is 0 Å². The molecule has 0 unspecified atom stereocenters. The van der Waals surface area contributed by atoms with E-state index in [-0.39, 0.29) is 18.3 Å². The Balaban J connectivity index is 2.01. The molecule has 1 aliphatic heterocycles. The highest BCUT2D eigenvalue weighted by Gasteiger charge is 2.53. The van der Waals surface area contributed by atoms with Crippen molar-refractivity contribution in [3.8, 4) is 0 Å². The lowest BCUT2D eigenvalue weighted by Gasteiger charge is -2.32. The Labute approximate surface area is 100 Å². The minimum absolute atomic E-state index is 0.0306. The molecule has 2 fully saturated rings. The Morgan fingerprint density at radius 2 is 1.25 bits per heavy atom. The number of hydrogen-bond donors (Lipinski definition) is 0. The minimum Gasteiger partial charge on any atom is -0.403 e. The van der Waals surface area contributed by atoms with Crippen LogP contribution in [0.1, 0.15) is 66.2 Å². The molecule has 0 amide bonds. The van der Waals surface area contributed by atoms with Crippen LogP contribution in [0.15, 0.2) is 0 Å². The van der Waals surface area contributed by atoms with Crippen LogP contribution in [0, 0.1) is 0 Å². The third kappa shape index (κ3) is 2.30. The van der Waals surface area contributed by atoms with E-state index in [1.165, 1.54) is 38.5 Å². The van der Waals surface area contributed by atoms with Crippen molar-refractivity contribution in [1.82, 2.24) is 0 Å². The van der Waals surface area contributed by atoms with Crippen LogP contribution in [0.2, 0.25) is 5.82 Å². The van der Waals surface area contributed by atoms with Gasteiger partial charge in [0.15, 0.2) is 0 Å². The number of rotatable bonds is 1. The normalized spacial score (nSPS) is 30.4. The zero-order valence-electron chi connectivity index (χ0n) is 11.2. The van der Waals surface area contributed by atoms with Gasteiger partial charge in [-0.3, -0.25) is 0 Å². The maximum absolute atomic E-state index is 6.14. The predicted octanol–water partition coefficient (Wildman–Crippen LogP) is 3.80. The van der Waals surface area contributed by atoms with Crippen LogP contribution in [0.25, 0.3) is 0 Å². The van der Waals surface area contributed by atoms with Crippen LogP contribution >= 0.6 is 0 Å². The molecular weight excluding hydrogens is 199 g/mol. The fourth-order valence-corrected chi connectivity index (χ4v) is 2.66. The van der Waals surface area contributed by atoms with Crippen molar-refractivity contribution in [3.63, 3.8) is 0 Å². The molecule has 0 bridgehead atoms. The van der Waals surface area contributed by atoms with E-state index >= 15 is 0 Å². The second-order valence-electron chi connectivity index (χ2n) is 6.38. The lowest BCUT2D eigenvalue weighted by Crippen LogP contribution is -2.41. The zero-order valence-corrected chi connectivity index (χ0v) is 11.2. The highest BCUT2D eigenvalue weighted by Crippen LogP contribution is 2.43. The van der Waals surface area contributed by atoms with Crippen molar-refractivity contribution in [2.75, 3.05) is 0 Å². The van der Waals surface area contributed by atoms with Gasteiger partial charge in [-0.05, 0) is 33.5 Å². The van der Waals surface area contributed by atoms with E-state index in [0.717, 1.165) is 0 Å². The van der Waals surface area contributed by atoms with Gasteiger partial charge >= 0.3 is 7.12 Å². The van der Waals surface area contributed by atoms with Crippen LogP contribution < -0.4 is 0 Å². The quantitative estimate of drug-likeness (QED) is 0.498. The maximum Gasteiger partial charge on any atom is 0.461 e. The summed E-state index contributed by atoms with van der Waals surface area (Å²) in [7, 11) is 0.0306. The van der Waals surface area contributed by atoms with E-state index < -0.39 is 0 Å². The van der Waals surface area contributed by atoms with E-state index in [2.05, 4.69) is 27.7 Å². The van der Waals surface area contributed by atoms with Crippen LogP contribution in [0.3, 0.4) is 0 Å². The summed E-state index contributed by atoms with van der Waals surface area (Å²) in [6, 6.07) is 0. The predicted molar refractivity (Wildman–Crippen MR) is 67.5 cm³/mol. The standard InChI is InChI=1S/C13H25BO2/c1-12(2)13(3,4)16-14(15-12)11-9-7-5-6-8-10-11/h11H,5-10H2,1-4H3. The van der Waals surface area contributed by atoms with Crippen molar-refractivity contribution in [2.24, 2.45) is 0 Å². The highest BCUT2D eigenvalue weighted by atomic mass is 16.7. The fraction of sp³-hybridized carbons (Fsp3) is 1.00. The van der Waals surface area contributed by atoms with Gasteiger partial charge in [0.2, 0.25) is 0 Å². The molecule has 2 rings (SSSR count). The van der Waals surface area contributed by atoms with Gasteiger partial charge in [-0.15, -0.1) is 0 Å². The Kier molecular flexibility index (Phi) is 3.38. The molecule has 0 aromatic rings. The summed E-state index contributed by atoms with van der Waals surface area (Å²) in [5.41, 5.74) is -0.325. The Hall–Kier alpha value is -0.0151. The fourth-order valence-electron chi connectivity index (χ4n) is 2.66. The van der Waals surface area contributed by atoms with Crippen molar-refractivity contribution in [2.45, 2.75) is 83.2 Å². The Bertz CT molecular complexity index is 226.